The zero-order valence-electron chi connectivity index (χ0n) is 7.06. The Morgan fingerprint density at radius 1 is 1.00 bits per heavy atom. The smallest absolute Gasteiger partial charge is 0.126 e. The van der Waals surface area contributed by atoms with Gasteiger partial charge >= 0.3 is 6.00 Å². The predicted molar refractivity (Wildman–Crippen MR) is 57.1 cm³/mol. The first-order valence-corrected chi connectivity index (χ1v) is 9.66. The van der Waals surface area contributed by atoms with E-state index in [-0.39, 0.29) is 0 Å². The lowest BCUT2D eigenvalue weighted by molar-refractivity contribution is 0.358. The molecule has 0 spiro atoms. The minimum absolute atomic E-state index is 0.462. The molecule has 0 aromatic carbocycles. The van der Waals surface area contributed by atoms with E-state index in [4.69, 9.17) is 33.2 Å². The van der Waals surface area contributed by atoms with Crippen LogP contribution in [0, 0.1) is 17.8 Å². The van der Waals surface area contributed by atoms with Gasteiger partial charge in [0, 0.05) is 0 Å². The van der Waals surface area contributed by atoms with E-state index in [1.165, 1.54) is 19.3 Å². The van der Waals surface area contributed by atoms with Crippen molar-refractivity contribution in [2.45, 2.75) is 31.7 Å². The SMILES string of the molecule is C[C@H]1C[C@H]2C[C@@H]1C[C@@H]2[Si](Cl)(Cl)Cl. The van der Waals surface area contributed by atoms with E-state index < -0.39 is 6.00 Å². The Labute approximate surface area is 88.7 Å². The first-order chi connectivity index (χ1) is 5.48. The maximum absolute atomic E-state index is 6.05. The van der Waals surface area contributed by atoms with Gasteiger partial charge in [0.2, 0.25) is 0 Å². The third-order valence-electron chi connectivity index (χ3n) is 3.63. The van der Waals surface area contributed by atoms with Gasteiger partial charge in [0.15, 0.2) is 0 Å². The van der Waals surface area contributed by atoms with Gasteiger partial charge in [0.1, 0.15) is 0 Å². The van der Waals surface area contributed by atoms with Crippen molar-refractivity contribution in [1.82, 2.24) is 0 Å². The van der Waals surface area contributed by atoms with Crippen LogP contribution in [-0.4, -0.2) is 6.00 Å². The van der Waals surface area contributed by atoms with Crippen molar-refractivity contribution < 1.29 is 0 Å². The van der Waals surface area contributed by atoms with Crippen LogP contribution in [0.1, 0.15) is 26.2 Å². The maximum Gasteiger partial charge on any atom is 0.344 e. The normalized spacial score (nSPS) is 47.0. The molecule has 0 heterocycles. The van der Waals surface area contributed by atoms with Crippen LogP contribution in [-0.2, 0) is 0 Å². The van der Waals surface area contributed by atoms with E-state index in [0.29, 0.717) is 5.54 Å². The van der Waals surface area contributed by atoms with Crippen molar-refractivity contribution in [2.24, 2.45) is 17.8 Å². The molecule has 0 amide bonds. The zero-order valence-corrected chi connectivity index (χ0v) is 10.3. The van der Waals surface area contributed by atoms with Crippen LogP contribution in [0.4, 0.5) is 0 Å². The van der Waals surface area contributed by atoms with Gasteiger partial charge in [-0.3, -0.25) is 0 Å². The molecular formula is C8H13Cl3Si. The summed E-state index contributed by atoms with van der Waals surface area (Å²) in [7, 11) is 0. The van der Waals surface area contributed by atoms with Gasteiger partial charge in [0.05, 0.1) is 0 Å². The standard InChI is InChI=1S/C8H13Cl3Si/c1-5-2-7-3-6(5)4-8(7)12(9,10)11/h5-8H,2-4H2,1H3/t5-,6+,7-,8-/m0/s1. The highest BCUT2D eigenvalue weighted by Gasteiger charge is 2.52. The fourth-order valence-corrected chi connectivity index (χ4v) is 6.75. The molecule has 0 aromatic heterocycles. The number of hydrogen-bond donors (Lipinski definition) is 0. The minimum Gasteiger partial charge on any atom is -0.126 e. The summed E-state index contributed by atoms with van der Waals surface area (Å²) in [6, 6.07) is -2.39. The molecule has 2 aliphatic rings. The van der Waals surface area contributed by atoms with E-state index in [9.17, 15) is 0 Å². The molecule has 0 unspecified atom stereocenters. The molecule has 2 aliphatic carbocycles. The first-order valence-electron chi connectivity index (χ1n) is 4.55. The molecule has 4 atom stereocenters. The Morgan fingerprint density at radius 3 is 2.00 bits per heavy atom. The average molecular weight is 244 g/mol. The molecular weight excluding hydrogens is 231 g/mol. The van der Waals surface area contributed by atoms with Crippen LogP contribution in [0.5, 0.6) is 0 Å². The lowest BCUT2D eigenvalue weighted by atomic mass is 9.90. The van der Waals surface area contributed by atoms with Gasteiger partial charge < -0.3 is 0 Å². The molecule has 2 saturated carbocycles. The highest BCUT2D eigenvalue weighted by molar-refractivity contribution is 7.65. The molecule has 12 heavy (non-hydrogen) atoms. The lowest BCUT2D eigenvalue weighted by Gasteiger charge is -2.28. The highest BCUT2D eigenvalue weighted by Crippen LogP contribution is 2.60. The minimum atomic E-state index is -2.39. The highest BCUT2D eigenvalue weighted by atomic mass is 35.8. The molecule has 0 aromatic rings. The fourth-order valence-electron chi connectivity index (χ4n) is 2.96. The summed E-state index contributed by atoms with van der Waals surface area (Å²) in [5.74, 6) is 2.49. The summed E-state index contributed by atoms with van der Waals surface area (Å²) in [6.45, 7) is 2.33. The molecule has 0 N–H and O–H groups in total. The summed E-state index contributed by atoms with van der Waals surface area (Å²) < 4.78 is 0. The Morgan fingerprint density at radius 2 is 1.67 bits per heavy atom. The monoisotopic (exact) mass is 242 g/mol. The van der Waals surface area contributed by atoms with Crippen LogP contribution < -0.4 is 0 Å². The molecule has 0 saturated heterocycles. The van der Waals surface area contributed by atoms with Crippen LogP contribution in [0.3, 0.4) is 0 Å². The number of halogens is 3. The topological polar surface area (TPSA) is 0 Å². The second kappa shape index (κ2) is 3.05. The van der Waals surface area contributed by atoms with Gasteiger partial charge in [-0.05, 0) is 42.6 Å². The second-order valence-corrected chi connectivity index (χ2v) is 13.3. The zero-order chi connectivity index (χ0) is 8.93. The third-order valence-corrected chi connectivity index (χ3v) is 7.70. The number of rotatable bonds is 1. The van der Waals surface area contributed by atoms with Crippen molar-refractivity contribution in [3.8, 4) is 0 Å². The van der Waals surface area contributed by atoms with Crippen molar-refractivity contribution in [3.05, 3.63) is 0 Å². The molecule has 2 fully saturated rings. The maximum atomic E-state index is 6.05. The van der Waals surface area contributed by atoms with Crippen molar-refractivity contribution in [1.29, 1.82) is 0 Å². The van der Waals surface area contributed by atoms with Crippen molar-refractivity contribution >= 4 is 39.2 Å². The molecule has 4 heteroatoms. The van der Waals surface area contributed by atoms with Crippen molar-refractivity contribution in [3.63, 3.8) is 0 Å². The largest absolute Gasteiger partial charge is 0.344 e. The summed E-state index contributed by atoms with van der Waals surface area (Å²) in [5.41, 5.74) is 0.462. The molecule has 2 bridgehead atoms. The van der Waals surface area contributed by atoms with Gasteiger partial charge in [-0.2, -0.15) is 0 Å². The first kappa shape index (κ1) is 9.63. The Bertz CT molecular complexity index is 187. The summed E-state index contributed by atoms with van der Waals surface area (Å²) in [5, 5.41) is 0. The van der Waals surface area contributed by atoms with E-state index >= 15 is 0 Å². The molecule has 0 radical (unpaired) electrons. The average Bonchev–Trinajstić information content (AvgIpc) is 2.41. The van der Waals surface area contributed by atoms with Crippen LogP contribution >= 0.6 is 33.2 Å². The van der Waals surface area contributed by atoms with Gasteiger partial charge in [-0.15, -0.1) is 33.2 Å². The third kappa shape index (κ3) is 1.54. The van der Waals surface area contributed by atoms with E-state index in [2.05, 4.69) is 6.92 Å². The van der Waals surface area contributed by atoms with E-state index in [0.717, 1.165) is 17.8 Å². The number of fused-ring (bicyclic) bond motifs is 2. The predicted octanol–water partition coefficient (Wildman–Crippen LogP) is 4.08. The summed E-state index contributed by atoms with van der Waals surface area (Å²) >= 11 is 18.2. The van der Waals surface area contributed by atoms with E-state index in [1.54, 1.807) is 0 Å². The van der Waals surface area contributed by atoms with Gasteiger partial charge in [0.25, 0.3) is 0 Å². The fraction of sp³-hybridized carbons (Fsp3) is 1.00. The van der Waals surface area contributed by atoms with E-state index in [1.807, 2.05) is 0 Å². The van der Waals surface area contributed by atoms with Crippen LogP contribution in [0.15, 0.2) is 0 Å². The quantitative estimate of drug-likeness (QED) is 0.481. The summed E-state index contributed by atoms with van der Waals surface area (Å²) in [4.78, 5) is 0. The van der Waals surface area contributed by atoms with Gasteiger partial charge in [-0.1, -0.05) is 6.92 Å². The number of hydrogen-bond acceptors (Lipinski definition) is 0. The van der Waals surface area contributed by atoms with Crippen LogP contribution in [0.2, 0.25) is 5.54 Å². The molecule has 2 rings (SSSR count). The lowest BCUT2D eigenvalue weighted by Crippen LogP contribution is -2.26. The van der Waals surface area contributed by atoms with Crippen molar-refractivity contribution in [2.75, 3.05) is 0 Å². The van der Waals surface area contributed by atoms with Gasteiger partial charge in [-0.25, -0.2) is 0 Å². The van der Waals surface area contributed by atoms with Crippen LogP contribution in [0.25, 0.3) is 0 Å². The Balaban J connectivity index is 2.08. The molecule has 0 nitrogen and oxygen atoms in total. The molecule has 0 aliphatic heterocycles. The Kier molecular flexibility index (Phi) is 2.45. The second-order valence-electron chi connectivity index (χ2n) is 4.35. The summed E-state index contributed by atoms with van der Waals surface area (Å²) in [6.07, 6.45) is 3.82. The molecule has 70 valence electrons. The Hall–Kier alpha value is 1.09.